The Labute approximate surface area is 143 Å². The molecule has 0 aliphatic carbocycles. The van der Waals surface area contributed by atoms with Crippen LogP contribution in [0.25, 0.3) is 0 Å². The van der Waals surface area contributed by atoms with Crippen molar-refractivity contribution in [3.05, 3.63) is 0 Å². The standard InChI is InChI=1S/C19H38N4/c1-6-19(5)10-12-23(15-19)18(20-7-2)21-13-17-9-8-11-22(14-17)16(3)4/h16-17H,6-15H2,1-5H3,(H,20,21). The highest BCUT2D eigenvalue weighted by atomic mass is 15.3. The maximum atomic E-state index is 5.02. The lowest BCUT2D eigenvalue weighted by molar-refractivity contribution is 0.143. The Balaban J connectivity index is 1.94. The molecule has 0 aromatic carbocycles. The highest BCUT2D eigenvalue weighted by Gasteiger charge is 2.33. The summed E-state index contributed by atoms with van der Waals surface area (Å²) in [6.45, 7) is 18.2. The summed E-state index contributed by atoms with van der Waals surface area (Å²) in [5.41, 5.74) is 0.468. The van der Waals surface area contributed by atoms with E-state index in [1.54, 1.807) is 0 Å². The lowest BCUT2D eigenvalue weighted by atomic mass is 9.87. The Kier molecular flexibility index (Phi) is 6.75. The van der Waals surface area contributed by atoms with Crippen LogP contribution in [0.4, 0.5) is 0 Å². The highest BCUT2D eigenvalue weighted by molar-refractivity contribution is 5.80. The fourth-order valence-electron chi connectivity index (χ4n) is 3.85. The Morgan fingerprint density at radius 3 is 2.70 bits per heavy atom. The van der Waals surface area contributed by atoms with E-state index in [2.05, 4.69) is 49.7 Å². The smallest absolute Gasteiger partial charge is 0.193 e. The van der Waals surface area contributed by atoms with Crippen LogP contribution in [0, 0.1) is 11.3 Å². The lowest BCUT2D eigenvalue weighted by Crippen LogP contribution is -2.43. The number of nitrogens with zero attached hydrogens (tertiary/aromatic N) is 3. The second-order valence-electron chi connectivity index (χ2n) is 8.13. The fourth-order valence-corrected chi connectivity index (χ4v) is 3.85. The van der Waals surface area contributed by atoms with Crippen LogP contribution in [0.15, 0.2) is 4.99 Å². The molecule has 4 heteroatoms. The molecule has 1 N–H and O–H groups in total. The summed E-state index contributed by atoms with van der Waals surface area (Å²) in [7, 11) is 0. The lowest BCUT2D eigenvalue weighted by Gasteiger charge is -2.35. The quantitative estimate of drug-likeness (QED) is 0.623. The minimum absolute atomic E-state index is 0.468. The van der Waals surface area contributed by atoms with Gasteiger partial charge in [-0.2, -0.15) is 0 Å². The van der Waals surface area contributed by atoms with E-state index >= 15 is 0 Å². The van der Waals surface area contributed by atoms with Gasteiger partial charge in [0, 0.05) is 38.8 Å². The van der Waals surface area contributed by atoms with E-state index < -0.39 is 0 Å². The molecule has 2 fully saturated rings. The average molecular weight is 323 g/mol. The van der Waals surface area contributed by atoms with Crippen LogP contribution < -0.4 is 5.32 Å². The molecule has 0 aromatic heterocycles. The van der Waals surface area contributed by atoms with Crippen molar-refractivity contribution in [2.75, 3.05) is 39.3 Å². The van der Waals surface area contributed by atoms with E-state index in [1.807, 2.05) is 0 Å². The highest BCUT2D eigenvalue weighted by Crippen LogP contribution is 2.33. The van der Waals surface area contributed by atoms with Crippen molar-refractivity contribution in [2.45, 2.75) is 66.3 Å². The van der Waals surface area contributed by atoms with Crippen molar-refractivity contribution >= 4 is 5.96 Å². The van der Waals surface area contributed by atoms with E-state index in [4.69, 9.17) is 4.99 Å². The second kappa shape index (κ2) is 8.36. The average Bonchev–Trinajstić information content (AvgIpc) is 2.94. The van der Waals surface area contributed by atoms with Crippen LogP contribution in [-0.2, 0) is 0 Å². The predicted octanol–water partition coefficient (Wildman–Crippen LogP) is 3.19. The zero-order valence-electron chi connectivity index (χ0n) is 16.1. The Morgan fingerprint density at radius 1 is 1.30 bits per heavy atom. The normalized spacial score (nSPS) is 30.3. The summed E-state index contributed by atoms with van der Waals surface area (Å²) in [4.78, 5) is 10.1. The van der Waals surface area contributed by atoms with Gasteiger partial charge in [-0.15, -0.1) is 0 Å². The molecule has 0 spiro atoms. The van der Waals surface area contributed by atoms with Gasteiger partial charge in [0.15, 0.2) is 5.96 Å². The molecule has 134 valence electrons. The van der Waals surface area contributed by atoms with E-state index in [9.17, 15) is 0 Å². The van der Waals surface area contributed by atoms with Crippen molar-refractivity contribution in [3.63, 3.8) is 0 Å². The first-order chi connectivity index (χ1) is 11.0. The van der Waals surface area contributed by atoms with Crippen molar-refractivity contribution < 1.29 is 0 Å². The summed E-state index contributed by atoms with van der Waals surface area (Å²) in [5.74, 6) is 1.87. The van der Waals surface area contributed by atoms with Gasteiger partial charge in [0.2, 0.25) is 0 Å². The summed E-state index contributed by atoms with van der Waals surface area (Å²) in [6.07, 6.45) is 5.21. The molecule has 2 aliphatic heterocycles. The maximum absolute atomic E-state index is 5.02. The Hall–Kier alpha value is -0.770. The summed E-state index contributed by atoms with van der Waals surface area (Å²) >= 11 is 0. The van der Waals surface area contributed by atoms with Crippen LogP contribution in [-0.4, -0.2) is 61.1 Å². The molecule has 0 bridgehead atoms. The number of guanidine groups is 1. The van der Waals surface area contributed by atoms with Gasteiger partial charge in [-0.25, -0.2) is 0 Å². The molecular formula is C19H38N4. The van der Waals surface area contributed by atoms with Crippen molar-refractivity contribution in [1.82, 2.24) is 15.1 Å². The number of hydrogen-bond donors (Lipinski definition) is 1. The summed E-state index contributed by atoms with van der Waals surface area (Å²) in [5, 5.41) is 3.52. The number of aliphatic imine (C=N–C) groups is 1. The minimum atomic E-state index is 0.468. The van der Waals surface area contributed by atoms with Crippen molar-refractivity contribution in [2.24, 2.45) is 16.3 Å². The molecule has 0 aromatic rings. The summed E-state index contributed by atoms with van der Waals surface area (Å²) < 4.78 is 0. The van der Waals surface area contributed by atoms with Gasteiger partial charge in [-0.3, -0.25) is 4.99 Å². The van der Waals surface area contributed by atoms with Crippen LogP contribution in [0.2, 0.25) is 0 Å². The molecule has 0 radical (unpaired) electrons. The number of nitrogens with one attached hydrogen (secondary N) is 1. The van der Waals surface area contributed by atoms with Gasteiger partial charge in [0.05, 0.1) is 0 Å². The van der Waals surface area contributed by atoms with Gasteiger partial charge in [0.1, 0.15) is 0 Å². The second-order valence-corrected chi connectivity index (χ2v) is 8.13. The first-order valence-corrected chi connectivity index (χ1v) is 9.74. The minimum Gasteiger partial charge on any atom is -0.357 e. The molecule has 2 saturated heterocycles. The SMILES string of the molecule is CCNC(=NCC1CCCN(C(C)C)C1)N1CCC(C)(CC)C1. The fraction of sp³-hybridized carbons (Fsp3) is 0.947. The molecule has 2 atom stereocenters. The monoisotopic (exact) mass is 322 g/mol. The van der Waals surface area contributed by atoms with Gasteiger partial charge in [-0.05, 0) is 64.3 Å². The van der Waals surface area contributed by atoms with Gasteiger partial charge >= 0.3 is 0 Å². The summed E-state index contributed by atoms with van der Waals surface area (Å²) in [6, 6.07) is 0.666. The van der Waals surface area contributed by atoms with E-state index in [0.717, 1.165) is 38.1 Å². The van der Waals surface area contributed by atoms with Crippen LogP contribution in [0.1, 0.15) is 60.3 Å². The molecule has 2 rings (SSSR count). The number of hydrogen-bond acceptors (Lipinski definition) is 2. The van der Waals surface area contributed by atoms with Gasteiger partial charge < -0.3 is 15.1 Å². The molecule has 0 saturated carbocycles. The maximum Gasteiger partial charge on any atom is 0.193 e. The number of rotatable bonds is 5. The molecule has 0 amide bonds. The molecular weight excluding hydrogens is 284 g/mol. The first kappa shape index (κ1) is 18.6. The van der Waals surface area contributed by atoms with Gasteiger partial charge in [0.25, 0.3) is 0 Å². The van der Waals surface area contributed by atoms with Crippen molar-refractivity contribution in [1.29, 1.82) is 0 Å². The van der Waals surface area contributed by atoms with Crippen LogP contribution in [0.3, 0.4) is 0 Å². The topological polar surface area (TPSA) is 30.9 Å². The Bertz CT molecular complexity index is 393. The van der Waals surface area contributed by atoms with E-state index in [0.29, 0.717) is 11.5 Å². The molecule has 23 heavy (non-hydrogen) atoms. The molecule has 2 aliphatic rings. The molecule has 2 unspecified atom stereocenters. The molecule has 4 nitrogen and oxygen atoms in total. The molecule has 2 heterocycles. The van der Waals surface area contributed by atoms with E-state index in [-0.39, 0.29) is 0 Å². The first-order valence-electron chi connectivity index (χ1n) is 9.74. The van der Waals surface area contributed by atoms with Crippen molar-refractivity contribution in [3.8, 4) is 0 Å². The van der Waals surface area contributed by atoms with Crippen LogP contribution in [0.5, 0.6) is 0 Å². The number of likely N-dealkylation sites (tertiary alicyclic amines) is 2. The van der Waals surface area contributed by atoms with Gasteiger partial charge in [-0.1, -0.05) is 13.8 Å². The third-order valence-corrected chi connectivity index (χ3v) is 5.83. The predicted molar refractivity (Wildman–Crippen MR) is 100.0 cm³/mol. The van der Waals surface area contributed by atoms with Crippen LogP contribution >= 0.6 is 0 Å². The number of piperidine rings is 1. The third-order valence-electron chi connectivity index (χ3n) is 5.83. The zero-order chi connectivity index (χ0) is 16.9. The van der Waals surface area contributed by atoms with E-state index in [1.165, 1.54) is 38.8 Å². The largest absolute Gasteiger partial charge is 0.357 e. The zero-order valence-corrected chi connectivity index (χ0v) is 16.1. The third kappa shape index (κ3) is 5.10. The Morgan fingerprint density at radius 2 is 2.09 bits per heavy atom.